The van der Waals surface area contributed by atoms with Crippen molar-refractivity contribution >= 4 is 34.4 Å². The van der Waals surface area contributed by atoms with Gasteiger partial charge in [0, 0.05) is 22.6 Å². The van der Waals surface area contributed by atoms with Crippen LogP contribution in [0.2, 0.25) is 0 Å². The largest absolute Gasteiger partial charge is 0.347 e. The first-order valence-corrected chi connectivity index (χ1v) is 9.23. The number of amides is 2. The summed E-state index contributed by atoms with van der Waals surface area (Å²) in [6, 6.07) is 7.55. The number of benzene rings is 1. The molecule has 0 atom stereocenters. The Bertz CT molecular complexity index is 769. The van der Waals surface area contributed by atoms with Crippen molar-refractivity contribution in [2.24, 2.45) is 5.92 Å². The van der Waals surface area contributed by atoms with E-state index < -0.39 is 0 Å². The number of halogens is 1. The lowest BCUT2D eigenvalue weighted by molar-refractivity contribution is -0.126. The molecule has 1 fully saturated rings. The van der Waals surface area contributed by atoms with Gasteiger partial charge in [0.1, 0.15) is 0 Å². The van der Waals surface area contributed by atoms with E-state index in [1.807, 2.05) is 29.2 Å². The molecule has 25 heavy (non-hydrogen) atoms. The highest BCUT2D eigenvalue weighted by Crippen LogP contribution is 2.21. The van der Waals surface area contributed by atoms with E-state index in [1.165, 1.54) is 0 Å². The molecule has 0 bridgehead atoms. The van der Waals surface area contributed by atoms with Crippen LogP contribution in [-0.4, -0.2) is 39.9 Å². The summed E-state index contributed by atoms with van der Waals surface area (Å²) in [5.74, 6) is 0.856. The Kier molecular flexibility index (Phi) is 5.67. The van der Waals surface area contributed by atoms with Crippen LogP contribution in [0.1, 0.15) is 34.9 Å². The lowest BCUT2D eigenvalue weighted by Gasteiger charge is -2.31. The van der Waals surface area contributed by atoms with Crippen LogP contribution in [0.3, 0.4) is 0 Å². The molecule has 1 aromatic carbocycles. The lowest BCUT2D eigenvalue weighted by Crippen LogP contribution is -2.43. The van der Waals surface area contributed by atoms with E-state index >= 15 is 0 Å². The molecular formula is C17H19IN4O3. The van der Waals surface area contributed by atoms with E-state index in [2.05, 4.69) is 38.0 Å². The van der Waals surface area contributed by atoms with Crippen LogP contribution >= 0.6 is 22.6 Å². The van der Waals surface area contributed by atoms with Gasteiger partial charge in [0.2, 0.25) is 11.8 Å². The molecule has 7 nitrogen and oxygen atoms in total. The number of carbonyl (C=O) groups is 2. The molecule has 0 aliphatic carbocycles. The monoisotopic (exact) mass is 454 g/mol. The second kappa shape index (κ2) is 7.94. The van der Waals surface area contributed by atoms with Gasteiger partial charge < -0.3 is 14.7 Å². The summed E-state index contributed by atoms with van der Waals surface area (Å²) in [5.41, 5.74) is 0.720. The molecule has 1 aliphatic rings. The Morgan fingerprint density at radius 2 is 2.04 bits per heavy atom. The van der Waals surface area contributed by atoms with E-state index in [0.29, 0.717) is 37.6 Å². The molecule has 0 radical (unpaired) electrons. The van der Waals surface area contributed by atoms with Gasteiger partial charge in [0.25, 0.3) is 5.91 Å². The molecule has 8 heteroatoms. The number of carbonyl (C=O) groups excluding carboxylic acids is 2. The van der Waals surface area contributed by atoms with E-state index in [-0.39, 0.29) is 24.3 Å². The predicted molar refractivity (Wildman–Crippen MR) is 98.7 cm³/mol. The van der Waals surface area contributed by atoms with Crippen molar-refractivity contribution in [2.75, 3.05) is 13.1 Å². The first-order chi connectivity index (χ1) is 12.0. The van der Waals surface area contributed by atoms with Crippen molar-refractivity contribution in [1.29, 1.82) is 0 Å². The van der Waals surface area contributed by atoms with Gasteiger partial charge >= 0.3 is 0 Å². The average Bonchev–Trinajstić information content (AvgIpc) is 3.05. The van der Waals surface area contributed by atoms with Gasteiger partial charge in [-0.1, -0.05) is 17.3 Å². The van der Waals surface area contributed by atoms with Gasteiger partial charge in [-0.3, -0.25) is 9.59 Å². The summed E-state index contributed by atoms with van der Waals surface area (Å²) in [6.45, 7) is 3.14. The van der Waals surface area contributed by atoms with Gasteiger partial charge in [-0.15, -0.1) is 0 Å². The topological polar surface area (TPSA) is 88.3 Å². The van der Waals surface area contributed by atoms with Crippen molar-refractivity contribution in [3.8, 4) is 0 Å². The van der Waals surface area contributed by atoms with Gasteiger partial charge in [-0.2, -0.15) is 4.98 Å². The van der Waals surface area contributed by atoms with Crippen LogP contribution in [0.5, 0.6) is 0 Å². The van der Waals surface area contributed by atoms with Gasteiger partial charge in [0.05, 0.1) is 12.1 Å². The molecule has 0 saturated carbocycles. The second-order valence-corrected chi connectivity index (χ2v) is 7.16. The van der Waals surface area contributed by atoms with Crippen molar-refractivity contribution < 1.29 is 14.1 Å². The number of hydrogen-bond donors (Lipinski definition) is 1. The normalized spacial score (nSPS) is 15.2. The van der Waals surface area contributed by atoms with Crippen molar-refractivity contribution in [2.45, 2.75) is 26.3 Å². The Balaban J connectivity index is 1.50. The van der Waals surface area contributed by atoms with E-state index in [9.17, 15) is 9.59 Å². The van der Waals surface area contributed by atoms with Crippen LogP contribution in [0, 0.1) is 16.4 Å². The molecular weight excluding hydrogens is 435 g/mol. The van der Waals surface area contributed by atoms with E-state index in [0.717, 1.165) is 9.13 Å². The molecule has 1 aromatic heterocycles. The number of nitrogens with one attached hydrogen (secondary N) is 1. The zero-order valence-electron chi connectivity index (χ0n) is 13.9. The minimum Gasteiger partial charge on any atom is -0.347 e. The standard InChI is InChI=1S/C17H19IN4O3/c1-11-20-15(25-21-11)10-19-16(23)12-6-8-22(9-7-12)17(24)13-4-2-3-5-14(13)18/h2-5,12H,6-10H2,1H3,(H,19,23). The number of hydrogen-bond acceptors (Lipinski definition) is 5. The molecule has 2 amide bonds. The SMILES string of the molecule is Cc1noc(CNC(=O)C2CCN(C(=O)c3ccccc3I)CC2)n1. The average molecular weight is 454 g/mol. The number of piperidine rings is 1. The molecule has 1 N–H and O–H groups in total. The summed E-state index contributed by atoms with van der Waals surface area (Å²) in [4.78, 5) is 30.8. The lowest BCUT2D eigenvalue weighted by atomic mass is 9.95. The molecule has 0 spiro atoms. The number of aromatic nitrogens is 2. The third-order valence-electron chi connectivity index (χ3n) is 4.24. The number of likely N-dealkylation sites (tertiary alicyclic amines) is 1. The van der Waals surface area contributed by atoms with Crippen LogP contribution in [-0.2, 0) is 11.3 Å². The summed E-state index contributed by atoms with van der Waals surface area (Å²) in [6.07, 6.45) is 1.31. The first kappa shape index (κ1) is 17.8. The molecule has 132 valence electrons. The van der Waals surface area contributed by atoms with Crippen LogP contribution < -0.4 is 5.32 Å². The highest BCUT2D eigenvalue weighted by Gasteiger charge is 2.28. The third-order valence-corrected chi connectivity index (χ3v) is 5.18. The fourth-order valence-corrected chi connectivity index (χ4v) is 3.49. The summed E-state index contributed by atoms with van der Waals surface area (Å²) < 4.78 is 5.93. The van der Waals surface area contributed by atoms with Gasteiger partial charge in [-0.05, 0) is 54.5 Å². The van der Waals surface area contributed by atoms with Crippen molar-refractivity contribution in [1.82, 2.24) is 20.4 Å². The molecule has 2 aromatic rings. The molecule has 3 rings (SSSR count). The maximum absolute atomic E-state index is 12.6. The number of nitrogens with zero attached hydrogens (tertiary/aromatic N) is 3. The van der Waals surface area contributed by atoms with E-state index in [1.54, 1.807) is 6.92 Å². The van der Waals surface area contributed by atoms with Crippen molar-refractivity contribution in [3.05, 3.63) is 45.1 Å². The predicted octanol–water partition coefficient (Wildman–Crippen LogP) is 2.15. The minimum absolute atomic E-state index is 0.0303. The Morgan fingerprint density at radius 1 is 1.32 bits per heavy atom. The smallest absolute Gasteiger partial charge is 0.254 e. The summed E-state index contributed by atoms with van der Waals surface area (Å²) in [5, 5.41) is 6.52. The Morgan fingerprint density at radius 3 is 2.68 bits per heavy atom. The zero-order valence-corrected chi connectivity index (χ0v) is 16.0. The summed E-state index contributed by atoms with van der Waals surface area (Å²) in [7, 11) is 0. The fourth-order valence-electron chi connectivity index (χ4n) is 2.87. The number of rotatable bonds is 4. The van der Waals surface area contributed by atoms with Crippen LogP contribution in [0.4, 0.5) is 0 Å². The van der Waals surface area contributed by atoms with Crippen LogP contribution in [0.15, 0.2) is 28.8 Å². The van der Waals surface area contributed by atoms with Gasteiger partial charge in [-0.25, -0.2) is 0 Å². The molecule has 2 heterocycles. The Hall–Kier alpha value is -1.97. The molecule has 0 unspecified atom stereocenters. The van der Waals surface area contributed by atoms with Crippen molar-refractivity contribution in [3.63, 3.8) is 0 Å². The van der Waals surface area contributed by atoms with E-state index in [4.69, 9.17) is 4.52 Å². The number of aryl methyl sites for hydroxylation is 1. The maximum atomic E-state index is 12.6. The highest BCUT2D eigenvalue weighted by atomic mass is 127. The highest BCUT2D eigenvalue weighted by molar-refractivity contribution is 14.1. The first-order valence-electron chi connectivity index (χ1n) is 8.15. The fraction of sp³-hybridized carbons (Fsp3) is 0.412. The summed E-state index contributed by atoms with van der Waals surface area (Å²) >= 11 is 2.17. The van der Waals surface area contributed by atoms with Crippen LogP contribution in [0.25, 0.3) is 0 Å². The third kappa shape index (κ3) is 4.36. The van der Waals surface area contributed by atoms with Gasteiger partial charge in [0.15, 0.2) is 5.82 Å². The minimum atomic E-state index is -0.0945. The zero-order chi connectivity index (χ0) is 17.8. The quantitative estimate of drug-likeness (QED) is 0.716. The molecule has 1 aliphatic heterocycles. The molecule has 1 saturated heterocycles. The Labute approximate surface area is 159 Å². The second-order valence-electron chi connectivity index (χ2n) is 6.00. The maximum Gasteiger partial charge on any atom is 0.254 e.